The second kappa shape index (κ2) is 5.22. The van der Waals surface area contributed by atoms with Crippen molar-refractivity contribution in [2.75, 3.05) is 33.2 Å². The number of hydrogen-bond donors (Lipinski definition) is 1. The number of rotatable bonds is 2. The first-order chi connectivity index (χ1) is 9.21. The molecule has 0 amide bonds. The van der Waals surface area contributed by atoms with E-state index in [4.69, 9.17) is 0 Å². The molecule has 0 spiro atoms. The van der Waals surface area contributed by atoms with Crippen LogP contribution >= 0.6 is 0 Å². The Bertz CT molecular complexity index is 415. The van der Waals surface area contributed by atoms with E-state index in [2.05, 4.69) is 17.3 Å². The molecule has 2 heterocycles. The number of hydrogen-bond acceptors (Lipinski definition) is 2. The van der Waals surface area contributed by atoms with Crippen molar-refractivity contribution in [2.24, 2.45) is 5.92 Å². The maximum absolute atomic E-state index is 13.2. The molecule has 2 nitrogen and oxygen atoms in total. The molecule has 0 bridgehead atoms. The number of nitrogens with one attached hydrogen (secondary N) is 1. The monoisotopic (exact) mass is 262 g/mol. The Labute approximate surface area is 115 Å². The van der Waals surface area contributed by atoms with Gasteiger partial charge >= 0.3 is 0 Å². The van der Waals surface area contributed by atoms with Crippen LogP contribution in [0.4, 0.5) is 4.39 Å². The van der Waals surface area contributed by atoms with Crippen molar-refractivity contribution >= 4 is 0 Å². The fraction of sp³-hybridized carbons (Fsp3) is 0.625. The molecule has 1 atom stereocenters. The fourth-order valence-corrected chi connectivity index (χ4v) is 3.88. The zero-order valence-electron chi connectivity index (χ0n) is 11.7. The molecule has 2 aliphatic heterocycles. The van der Waals surface area contributed by atoms with Crippen LogP contribution in [0.15, 0.2) is 24.3 Å². The van der Waals surface area contributed by atoms with Gasteiger partial charge in [-0.15, -0.1) is 0 Å². The van der Waals surface area contributed by atoms with Gasteiger partial charge in [-0.25, -0.2) is 4.39 Å². The Balaban J connectivity index is 1.88. The van der Waals surface area contributed by atoms with Crippen molar-refractivity contribution in [1.29, 1.82) is 0 Å². The van der Waals surface area contributed by atoms with E-state index in [0.717, 1.165) is 19.0 Å². The number of halogens is 1. The highest BCUT2D eigenvalue weighted by molar-refractivity contribution is 5.29. The summed E-state index contributed by atoms with van der Waals surface area (Å²) in [5.74, 6) is 0.595. The quantitative estimate of drug-likeness (QED) is 0.880. The molecule has 2 aliphatic rings. The third-order valence-electron chi connectivity index (χ3n) is 5.11. The number of benzene rings is 1. The van der Waals surface area contributed by atoms with Crippen molar-refractivity contribution in [1.82, 2.24) is 10.2 Å². The molecule has 19 heavy (non-hydrogen) atoms. The van der Waals surface area contributed by atoms with Crippen molar-refractivity contribution in [3.8, 4) is 0 Å². The standard InChI is InChI=1S/C16H23FN2/c1-19-10-6-14(7-11-19)16(8-9-18-12-16)13-2-4-15(17)5-3-13/h2-5,14,18H,6-12H2,1H3. The highest BCUT2D eigenvalue weighted by Crippen LogP contribution is 2.42. The van der Waals surface area contributed by atoms with Crippen LogP contribution in [-0.4, -0.2) is 38.1 Å². The van der Waals surface area contributed by atoms with Crippen LogP contribution < -0.4 is 5.32 Å². The third-order valence-corrected chi connectivity index (χ3v) is 5.11. The zero-order chi connectivity index (χ0) is 13.3. The summed E-state index contributed by atoms with van der Waals surface area (Å²) in [7, 11) is 2.20. The largest absolute Gasteiger partial charge is 0.316 e. The highest BCUT2D eigenvalue weighted by Gasteiger charge is 2.43. The molecular weight excluding hydrogens is 239 g/mol. The molecule has 0 saturated carbocycles. The lowest BCUT2D eigenvalue weighted by molar-refractivity contribution is 0.153. The van der Waals surface area contributed by atoms with Crippen LogP contribution in [0.5, 0.6) is 0 Å². The van der Waals surface area contributed by atoms with E-state index >= 15 is 0 Å². The summed E-state index contributed by atoms with van der Waals surface area (Å²) in [6.07, 6.45) is 3.71. The lowest BCUT2D eigenvalue weighted by Gasteiger charge is -2.42. The van der Waals surface area contributed by atoms with Gasteiger partial charge in [0.1, 0.15) is 5.82 Å². The molecule has 3 rings (SSSR count). The predicted octanol–water partition coefficient (Wildman–Crippen LogP) is 2.40. The summed E-state index contributed by atoms with van der Waals surface area (Å²) in [4.78, 5) is 2.41. The minimum absolute atomic E-state index is 0.131. The summed E-state index contributed by atoms with van der Waals surface area (Å²) in [5, 5.41) is 3.53. The van der Waals surface area contributed by atoms with Gasteiger partial charge in [0, 0.05) is 12.0 Å². The van der Waals surface area contributed by atoms with Crippen molar-refractivity contribution in [3.05, 3.63) is 35.6 Å². The second-order valence-corrected chi connectivity index (χ2v) is 6.17. The molecule has 104 valence electrons. The molecule has 0 aromatic heterocycles. The predicted molar refractivity (Wildman–Crippen MR) is 75.8 cm³/mol. The van der Waals surface area contributed by atoms with Crippen molar-refractivity contribution in [3.63, 3.8) is 0 Å². The maximum Gasteiger partial charge on any atom is 0.123 e. The van der Waals surface area contributed by atoms with Crippen LogP contribution in [-0.2, 0) is 5.41 Å². The minimum Gasteiger partial charge on any atom is -0.316 e. The Hall–Kier alpha value is -0.930. The zero-order valence-corrected chi connectivity index (χ0v) is 11.7. The van der Waals surface area contributed by atoms with Gasteiger partial charge in [0.25, 0.3) is 0 Å². The average molecular weight is 262 g/mol. The number of piperidine rings is 1. The third kappa shape index (κ3) is 2.41. The van der Waals surface area contributed by atoms with Crippen LogP contribution in [0.1, 0.15) is 24.8 Å². The molecule has 3 heteroatoms. The van der Waals surface area contributed by atoms with E-state index in [9.17, 15) is 4.39 Å². The van der Waals surface area contributed by atoms with Crippen LogP contribution in [0.3, 0.4) is 0 Å². The molecule has 1 aromatic carbocycles. The van der Waals surface area contributed by atoms with E-state index < -0.39 is 0 Å². The smallest absolute Gasteiger partial charge is 0.123 e. The molecular formula is C16H23FN2. The summed E-state index contributed by atoms with van der Waals surface area (Å²) in [6.45, 7) is 4.51. The van der Waals surface area contributed by atoms with E-state index in [1.54, 1.807) is 12.1 Å². The molecule has 1 N–H and O–H groups in total. The van der Waals surface area contributed by atoms with Gasteiger partial charge in [0.2, 0.25) is 0 Å². The molecule has 0 aliphatic carbocycles. The Morgan fingerprint density at radius 1 is 1.21 bits per heavy atom. The lowest BCUT2D eigenvalue weighted by atomic mass is 9.66. The summed E-state index contributed by atoms with van der Waals surface area (Å²) in [5.41, 5.74) is 1.56. The van der Waals surface area contributed by atoms with Gasteiger partial charge in [-0.3, -0.25) is 0 Å². The first kappa shape index (κ1) is 13.1. The van der Waals surface area contributed by atoms with Gasteiger partial charge in [0.15, 0.2) is 0 Å². The van der Waals surface area contributed by atoms with Gasteiger partial charge in [-0.2, -0.15) is 0 Å². The fourth-order valence-electron chi connectivity index (χ4n) is 3.88. The van der Waals surface area contributed by atoms with E-state index in [1.807, 2.05) is 12.1 Å². The summed E-state index contributed by atoms with van der Waals surface area (Å²) >= 11 is 0. The maximum atomic E-state index is 13.2. The lowest BCUT2D eigenvalue weighted by Crippen LogP contribution is -2.43. The highest BCUT2D eigenvalue weighted by atomic mass is 19.1. The van der Waals surface area contributed by atoms with Crippen LogP contribution in [0.2, 0.25) is 0 Å². The van der Waals surface area contributed by atoms with E-state index in [0.29, 0.717) is 0 Å². The first-order valence-corrected chi connectivity index (χ1v) is 7.36. The molecule has 2 fully saturated rings. The van der Waals surface area contributed by atoms with Crippen LogP contribution in [0.25, 0.3) is 0 Å². The van der Waals surface area contributed by atoms with Gasteiger partial charge in [-0.05, 0) is 69.6 Å². The van der Waals surface area contributed by atoms with E-state index in [-0.39, 0.29) is 11.2 Å². The Morgan fingerprint density at radius 3 is 2.47 bits per heavy atom. The van der Waals surface area contributed by atoms with E-state index in [1.165, 1.54) is 37.9 Å². The van der Waals surface area contributed by atoms with Gasteiger partial charge in [0.05, 0.1) is 0 Å². The van der Waals surface area contributed by atoms with Crippen LogP contribution in [0, 0.1) is 11.7 Å². The van der Waals surface area contributed by atoms with Crippen molar-refractivity contribution < 1.29 is 4.39 Å². The van der Waals surface area contributed by atoms with Gasteiger partial charge in [-0.1, -0.05) is 12.1 Å². The average Bonchev–Trinajstić information content (AvgIpc) is 2.91. The first-order valence-electron chi connectivity index (χ1n) is 7.36. The Morgan fingerprint density at radius 2 is 1.89 bits per heavy atom. The summed E-state index contributed by atoms with van der Waals surface area (Å²) in [6, 6.07) is 7.23. The normalized spacial score (nSPS) is 29.8. The Kier molecular flexibility index (Phi) is 3.59. The number of likely N-dealkylation sites (tertiary alicyclic amines) is 1. The SMILES string of the molecule is CN1CCC(C2(c3ccc(F)cc3)CCNC2)CC1. The van der Waals surface area contributed by atoms with Crippen molar-refractivity contribution in [2.45, 2.75) is 24.7 Å². The summed E-state index contributed by atoms with van der Waals surface area (Å²) < 4.78 is 13.2. The molecule has 1 aromatic rings. The molecule has 1 unspecified atom stereocenters. The van der Waals surface area contributed by atoms with Gasteiger partial charge < -0.3 is 10.2 Å². The topological polar surface area (TPSA) is 15.3 Å². The minimum atomic E-state index is -0.131. The molecule has 2 saturated heterocycles. The molecule has 0 radical (unpaired) electrons. The second-order valence-electron chi connectivity index (χ2n) is 6.17. The number of nitrogens with zero attached hydrogens (tertiary/aromatic N) is 1.